The van der Waals surface area contributed by atoms with E-state index in [2.05, 4.69) is 5.10 Å². The molecule has 0 fully saturated rings. The largest absolute Gasteiger partial charge is 0.446 e. The lowest BCUT2D eigenvalue weighted by molar-refractivity contribution is -0.0328. The first kappa shape index (κ1) is 14.5. The number of rotatable bonds is 3. The fraction of sp³-hybridized carbons (Fsp3) is 0.0714. The van der Waals surface area contributed by atoms with Crippen LogP contribution >= 0.6 is 11.8 Å². The Morgan fingerprint density at radius 3 is 1.95 bits per heavy atom. The number of halogens is 3. The molecule has 0 amide bonds. The van der Waals surface area contributed by atoms with Crippen LogP contribution in [0.4, 0.5) is 13.2 Å². The van der Waals surface area contributed by atoms with Gasteiger partial charge in [-0.05, 0) is 23.9 Å². The topological polar surface area (TPSA) is 38.4 Å². The Labute approximate surface area is 118 Å². The molecule has 20 heavy (non-hydrogen) atoms. The van der Waals surface area contributed by atoms with Gasteiger partial charge in [0.25, 0.3) is 0 Å². The smallest absolute Gasteiger partial charge is 0.323 e. The first-order valence-electron chi connectivity index (χ1n) is 5.69. The predicted molar refractivity (Wildman–Crippen MR) is 74.6 cm³/mol. The molecule has 0 aliphatic carbocycles. The second-order valence-corrected chi connectivity index (χ2v) is 5.05. The normalized spacial score (nSPS) is 12.4. The van der Waals surface area contributed by atoms with Crippen LogP contribution in [0, 0.1) is 0 Å². The Morgan fingerprint density at radius 2 is 1.45 bits per heavy atom. The van der Waals surface area contributed by atoms with Gasteiger partial charge >= 0.3 is 5.51 Å². The van der Waals surface area contributed by atoms with Crippen LogP contribution in [-0.2, 0) is 0 Å². The Kier molecular flexibility index (Phi) is 4.34. The van der Waals surface area contributed by atoms with Crippen LogP contribution < -0.4 is 5.84 Å². The second-order valence-electron chi connectivity index (χ2n) is 3.92. The van der Waals surface area contributed by atoms with Crippen LogP contribution in [0.2, 0.25) is 0 Å². The van der Waals surface area contributed by atoms with Gasteiger partial charge in [0.1, 0.15) is 0 Å². The minimum atomic E-state index is -4.29. The second kappa shape index (κ2) is 6.00. The van der Waals surface area contributed by atoms with E-state index in [4.69, 9.17) is 5.84 Å². The molecule has 0 aliphatic heterocycles. The lowest BCUT2D eigenvalue weighted by Crippen LogP contribution is -2.06. The molecule has 0 spiro atoms. The van der Waals surface area contributed by atoms with Crippen molar-refractivity contribution in [3.63, 3.8) is 0 Å². The van der Waals surface area contributed by atoms with Crippen molar-refractivity contribution in [2.75, 3.05) is 0 Å². The number of nitrogens with two attached hydrogens (primary N) is 1. The molecule has 2 N–H and O–H groups in total. The van der Waals surface area contributed by atoms with Crippen LogP contribution in [0.25, 0.3) is 0 Å². The van der Waals surface area contributed by atoms with Crippen molar-refractivity contribution in [3.05, 3.63) is 65.7 Å². The Hall–Kier alpha value is -1.95. The molecule has 0 radical (unpaired) electrons. The van der Waals surface area contributed by atoms with E-state index in [9.17, 15) is 13.2 Å². The quantitative estimate of drug-likeness (QED) is 0.402. The van der Waals surface area contributed by atoms with E-state index in [1.165, 1.54) is 12.1 Å². The molecule has 0 heterocycles. The van der Waals surface area contributed by atoms with Crippen LogP contribution in [0.15, 0.2) is 64.6 Å². The summed E-state index contributed by atoms with van der Waals surface area (Å²) in [6, 6.07) is 15.2. The highest BCUT2D eigenvalue weighted by Gasteiger charge is 2.29. The summed E-state index contributed by atoms with van der Waals surface area (Å²) in [6.45, 7) is 0. The zero-order chi connectivity index (χ0) is 14.6. The number of nitrogens with zero attached hydrogens (tertiary/aromatic N) is 1. The first-order chi connectivity index (χ1) is 9.49. The standard InChI is InChI=1S/C14H11F3N2S/c15-14(16,17)20-12-8-6-11(7-9-12)13(19-18)10-4-2-1-3-5-10/h1-9H,18H2. The van der Waals surface area contributed by atoms with Crippen molar-refractivity contribution in [3.8, 4) is 0 Å². The summed E-state index contributed by atoms with van der Waals surface area (Å²) in [5.41, 5.74) is -2.27. The van der Waals surface area contributed by atoms with E-state index in [1.807, 2.05) is 30.3 Å². The van der Waals surface area contributed by atoms with Crippen molar-refractivity contribution in [2.24, 2.45) is 10.9 Å². The van der Waals surface area contributed by atoms with E-state index < -0.39 is 5.51 Å². The van der Waals surface area contributed by atoms with Gasteiger partial charge in [0, 0.05) is 16.0 Å². The van der Waals surface area contributed by atoms with Crippen LogP contribution in [0.3, 0.4) is 0 Å². The molecule has 0 bridgehead atoms. The minimum absolute atomic E-state index is 0.130. The SMILES string of the molecule is NN=C(c1ccccc1)c1ccc(SC(F)(F)F)cc1. The van der Waals surface area contributed by atoms with E-state index in [0.717, 1.165) is 5.56 Å². The van der Waals surface area contributed by atoms with Gasteiger partial charge in [-0.2, -0.15) is 18.3 Å². The third-order valence-electron chi connectivity index (χ3n) is 2.54. The number of alkyl halides is 3. The average molecular weight is 296 g/mol. The highest BCUT2D eigenvalue weighted by atomic mass is 32.2. The molecule has 0 unspecified atom stereocenters. The van der Waals surface area contributed by atoms with Gasteiger partial charge in [-0.3, -0.25) is 0 Å². The number of thioether (sulfide) groups is 1. The first-order valence-corrected chi connectivity index (χ1v) is 6.51. The molecule has 0 aliphatic rings. The fourth-order valence-electron chi connectivity index (χ4n) is 1.73. The number of benzene rings is 2. The third kappa shape index (κ3) is 3.77. The van der Waals surface area contributed by atoms with Crippen molar-refractivity contribution in [1.29, 1.82) is 0 Å². The maximum atomic E-state index is 12.3. The number of hydrazone groups is 1. The zero-order valence-corrected chi connectivity index (χ0v) is 11.1. The highest BCUT2D eigenvalue weighted by Crippen LogP contribution is 2.36. The highest BCUT2D eigenvalue weighted by molar-refractivity contribution is 8.00. The molecule has 2 aromatic carbocycles. The third-order valence-corrected chi connectivity index (χ3v) is 3.28. The molecule has 0 atom stereocenters. The van der Waals surface area contributed by atoms with Crippen molar-refractivity contribution < 1.29 is 13.2 Å². The lowest BCUT2D eigenvalue weighted by atomic mass is 10.0. The maximum Gasteiger partial charge on any atom is 0.446 e. The van der Waals surface area contributed by atoms with Gasteiger partial charge in [-0.1, -0.05) is 42.5 Å². The van der Waals surface area contributed by atoms with E-state index in [0.29, 0.717) is 11.3 Å². The number of hydrogen-bond donors (Lipinski definition) is 1. The van der Waals surface area contributed by atoms with Gasteiger partial charge in [-0.15, -0.1) is 0 Å². The molecule has 2 rings (SSSR count). The molecule has 0 saturated heterocycles. The predicted octanol–water partition coefficient (Wildman–Crippen LogP) is 4.01. The summed E-state index contributed by atoms with van der Waals surface area (Å²) in [6.07, 6.45) is 0. The van der Waals surface area contributed by atoms with Gasteiger partial charge in [-0.25, -0.2) is 0 Å². The van der Waals surface area contributed by atoms with Gasteiger partial charge in [0.2, 0.25) is 0 Å². The molecule has 6 heteroatoms. The van der Waals surface area contributed by atoms with Crippen LogP contribution in [-0.4, -0.2) is 11.2 Å². The molecular formula is C14H11F3N2S. The summed E-state index contributed by atoms with van der Waals surface area (Å²) < 4.78 is 36.8. The van der Waals surface area contributed by atoms with Crippen LogP contribution in [0.1, 0.15) is 11.1 Å². The molecule has 0 aromatic heterocycles. The van der Waals surface area contributed by atoms with Crippen molar-refractivity contribution in [2.45, 2.75) is 10.4 Å². The summed E-state index contributed by atoms with van der Waals surface area (Å²) in [7, 11) is 0. The maximum absolute atomic E-state index is 12.3. The Balaban J connectivity index is 2.25. The average Bonchev–Trinajstić information content (AvgIpc) is 2.41. The summed E-state index contributed by atoms with van der Waals surface area (Å²) in [5, 5.41) is 3.72. The summed E-state index contributed by atoms with van der Waals surface area (Å²) in [5.74, 6) is 5.38. The number of hydrogen-bond acceptors (Lipinski definition) is 3. The van der Waals surface area contributed by atoms with E-state index in [-0.39, 0.29) is 16.7 Å². The van der Waals surface area contributed by atoms with E-state index >= 15 is 0 Å². The Bertz CT molecular complexity index is 592. The van der Waals surface area contributed by atoms with Gasteiger partial charge < -0.3 is 5.84 Å². The van der Waals surface area contributed by atoms with Gasteiger partial charge in [0.15, 0.2) is 0 Å². The zero-order valence-electron chi connectivity index (χ0n) is 10.3. The fourth-order valence-corrected chi connectivity index (χ4v) is 2.27. The van der Waals surface area contributed by atoms with Gasteiger partial charge in [0.05, 0.1) is 5.71 Å². The van der Waals surface area contributed by atoms with E-state index in [1.54, 1.807) is 12.1 Å². The molecule has 104 valence electrons. The monoisotopic (exact) mass is 296 g/mol. The van der Waals surface area contributed by atoms with Crippen LogP contribution in [0.5, 0.6) is 0 Å². The summed E-state index contributed by atoms with van der Waals surface area (Å²) >= 11 is -0.147. The van der Waals surface area contributed by atoms with Crippen molar-refractivity contribution in [1.82, 2.24) is 0 Å². The lowest BCUT2D eigenvalue weighted by Gasteiger charge is -2.08. The molecule has 2 aromatic rings. The molecule has 0 saturated carbocycles. The molecule has 2 nitrogen and oxygen atoms in total. The summed E-state index contributed by atoms with van der Waals surface area (Å²) in [4.78, 5) is 0.130. The van der Waals surface area contributed by atoms with Crippen molar-refractivity contribution >= 4 is 17.5 Å². The minimum Gasteiger partial charge on any atom is -0.323 e. The Morgan fingerprint density at radius 1 is 0.900 bits per heavy atom. The molecular weight excluding hydrogens is 285 g/mol.